The average molecular weight is 484 g/mol. The van der Waals surface area contributed by atoms with Gasteiger partial charge in [0.1, 0.15) is 0 Å². The van der Waals surface area contributed by atoms with Gasteiger partial charge in [-0.3, -0.25) is 27.9 Å². The van der Waals surface area contributed by atoms with Gasteiger partial charge in [-0.2, -0.15) is 0 Å². The van der Waals surface area contributed by atoms with Crippen LogP contribution in [0.25, 0.3) is 0 Å². The van der Waals surface area contributed by atoms with Crippen LogP contribution in [0, 0.1) is 0 Å². The van der Waals surface area contributed by atoms with Gasteiger partial charge in [-0.05, 0) is 12.1 Å². The van der Waals surface area contributed by atoms with E-state index in [1.807, 2.05) is 0 Å². The molecule has 0 radical (unpaired) electrons. The first-order chi connectivity index (χ1) is 14.5. The highest BCUT2D eigenvalue weighted by Crippen LogP contribution is 2.49. The highest BCUT2D eigenvalue weighted by atomic mass is 35.5. The zero-order chi connectivity index (χ0) is 22.9. The smallest absolute Gasteiger partial charge is 0.333 e. The molecule has 11 nitrogen and oxygen atoms in total. The van der Waals surface area contributed by atoms with Crippen molar-refractivity contribution in [2.45, 2.75) is 5.92 Å². The molecule has 0 saturated heterocycles. The Morgan fingerprint density at radius 1 is 0.844 bits per heavy atom. The Kier molecular flexibility index (Phi) is 5.62. The Balaban J connectivity index is 0.00000289. The van der Waals surface area contributed by atoms with Gasteiger partial charge in [-0.15, -0.1) is 0 Å². The van der Waals surface area contributed by atoms with E-state index in [4.69, 9.17) is 27.9 Å². The van der Waals surface area contributed by atoms with Crippen molar-refractivity contribution in [3.05, 3.63) is 80.5 Å². The molecule has 3 heterocycles. The maximum Gasteiger partial charge on any atom is 0.333 e. The van der Waals surface area contributed by atoms with Gasteiger partial charge in [-0.1, -0.05) is 23.2 Å². The monoisotopic (exact) mass is 483 g/mol. The standard InChI is InChI=1S/C19H16Cl2N4O6.H3N/c1-22-14(26)11(15(27)23(2)18(22)29)10-8-5-7(20)6-9(21)13(8)31-17-12(10)16(28)24(3)19(30)25(17)4;/h5-6,10,26H,1-4H3;1H3. The predicted molar refractivity (Wildman–Crippen MR) is 118 cm³/mol. The van der Waals surface area contributed by atoms with Crippen molar-refractivity contribution >= 4 is 23.2 Å². The van der Waals surface area contributed by atoms with E-state index in [0.29, 0.717) is 0 Å². The summed E-state index contributed by atoms with van der Waals surface area (Å²) in [7, 11) is 5.20. The number of ether oxygens (including phenoxy) is 1. The summed E-state index contributed by atoms with van der Waals surface area (Å²) in [6, 6.07) is 2.85. The van der Waals surface area contributed by atoms with Crippen LogP contribution in [-0.4, -0.2) is 23.4 Å². The molecule has 1 aliphatic heterocycles. The summed E-state index contributed by atoms with van der Waals surface area (Å²) in [5.41, 5.74) is -3.08. The highest BCUT2D eigenvalue weighted by Gasteiger charge is 2.39. The van der Waals surface area contributed by atoms with E-state index in [2.05, 4.69) is 0 Å². The van der Waals surface area contributed by atoms with Gasteiger partial charge in [0.2, 0.25) is 11.8 Å². The number of aromatic nitrogens is 4. The number of fused-ring (bicyclic) bond motifs is 2. The quantitative estimate of drug-likeness (QED) is 0.408. The fourth-order valence-corrected chi connectivity index (χ4v) is 4.34. The second-order valence-electron chi connectivity index (χ2n) is 7.21. The number of hydrogen-bond acceptors (Lipinski definition) is 7. The summed E-state index contributed by atoms with van der Waals surface area (Å²) in [5.74, 6) is -1.91. The largest absolute Gasteiger partial charge is 0.494 e. The maximum atomic E-state index is 13.2. The lowest BCUT2D eigenvalue weighted by atomic mass is 9.84. The van der Waals surface area contributed by atoms with E-state index in [-0.39, 0.29) is 44.5 Å². The average Bonchev–Trinajstić information content (AvgIpc) is 2.73. The van der Waals surface area contributed by atoms with Crippen LogP contribution in [0.2, 0.25) is 10.0 Å². The van der Waals surface area contributed by atoms with Crippen LogP contribution in [0.15, 0.2) is 31.3 Å². The molecule has 0 bridgehead atoms. The SMILES string of the molecule is Cn1c(O)c(C2c3cc(Cl)cc(Cl)c3Oc3c2c(=O)n(C)c(=O)n3C)c(=O)n(C)c1=O.N. The zero-order valence-electron chi connectivity index (χ0n) is 17.5. The Hall–Kier alpha value is -3.28. The molecule has 170 valence electrons. The van der Waals surface area contributed by atoms with Crippen LogP contribution in [0.4, 0.5) is 0 Å². The highest BCUT2D eigenvalue weighted by molar-refractivity contribution is 6.35. The normalized spacial score (nSPS) is 14.2. The summed E-state index contributed by atoms with van der Waals surface area (Å²) < 4.78 is 9.47. The van der Waals surface area contributed by atoms with Gasteiger partial charge in [-0.25, -0.2) is 9.59 Å². The summed E-state index contributed by atoms with van der Waals surface area (Å²) in [4.78, 5) is 51.0. The van der Waals surface area contributed by atoms with Crippen LogP contribution in [-0.2, 0) is 28.2 Å². The third-order valence-electron chi connectivity index (χ3n) is 5.44. The first-order valence-electron chi connectivity index (χ1n) is 8.92. The van der Waals surface area contributed by atoms with Crippen LogP contribution in [0.1, 0.15) is 22.6 Å². The van der Waals surface area contributed by atoms with Crippen molar-refractivity contribution < 1.29 is 9.84 Å². The fourth-order valence-electron chi connectivity index (χ4n) is 3.79. The second-order valence-corrected chi connectivity index (χ2v) is 8.05. The molecule has 0 saturated carbocycles. The molecule has 13 heteroatoms. The summed E-state index contributed by atoms with van der Waals surface area (Å²) in [6.45, 7) is 0. The first kappa shape index (κ1) is 23.4. The number of hydrogen-bond donors (Lipinski definition) is 2. The molecular formula is C19H19Cl2N5O6. The Labute approximate surface area is 189 Å². The maximum absolute atomic E-state index is 13.2. The van der Waals surface area contributed by atoms with Crippen molar-refractivity contribution in [2.75, 3.05) is 0 Å². The van der Waals surface area contributed by atoms with Crippen molar-refractivity contribution in [2.24, 2.45) is 28.2 Å². The topological polar surface area (TPSA) is 152 Å². The van der Waals surface area contributed by atoms with Crippen LogP contribution in [0.5, 0.6) is 17.5 Å². The van der Waals surface area contributed by atoms with E-state index in [1.54, 1.807) is 0 Å². The molecule has 4 rings (SSSR count). The molecule has 0 amide bonds. The number of aromatic hydroxyl groups is 1. The predicted octanol–water partition coefficient (Wildman–Crippen LogP) is 0.942. The molecule has 0 fully saturated rings. The van der Waals surface area contributed by atoms with Crippen molar-refractivity contribution in [1.82, 2.24) is 24.4 Å². The zero-order valence-corrected chi connectivity index (χ0v) is 19.0. The van der Waals surface area contributed by atoms with E-state index >= 15 is 0 Å². The third kappa shape index (κ3) is 3.00. The van der Waals surface area contributed by atoms with Gasteiger partial charge in [0.25, 0.3) is 11.1 Å². The van der Waals surface area contributed by atoms with E-state index < -0.39 is 34.3 Å². The van der Waals surface area contributed by atoms with E-state index in [0.717, 1.165) is 18.3 Å². The van der Waals surface area contributed by atoms with E-state index in [1.165, 1.54) is 40.3 Å². The van der Waals surface area contributed by atoms with Crippen LogP contribution in [0.3, 0.4) is 0 Å². The molecule has 0 aliphatic carbocycles. The minimum absolute atomic E-state index is 0. The molecule has 1 aromatic carbocycles. The molecule has 4 N–H and O–H groups in total. The van der Waals surface area contributed by atoms with Crippen LogP contribution < -0.4 is 33.4 Å². The van der Waals surface area contributed by atoms with Gasteiger partial charge in [0.05, 0.1) is 22.1 Å². The number of halogens is 2. The molecule has 32 heavy (non-hydrogen) atoms. The Morgan fingerprint density at radius 3 is 1.97 bits per heavy atom. The minimum Gasteiger partial charge on any atom is -0.494 e. The summed E-state index contributed by atoms with van der Waals surface area (Å²) >= 11 is 12.5. The van der Waals surface area contributed by atoms with Crippen molar-refractivity contribution in [3.63, 3.8) is 0 Å². The van der Waals surface area contributed by atoms with Gasteiger partial charge in [0.15, 0.2) is 5.75 Å². The molecular weight excluding hydrogens is 465 g/mol. The molecule has 3 aromatic rings. The van der Waals surface area contributed by atoms with Gasteiger partial charge in [0, 0.05) is 38.8 Å². The lowest BCUT2D eigenvalue weighted by Gasteiger charge is -2.30. The van der Waals surface area contributed by atoms with Gasteiger partial charge >= 0.3 is 11.4 Å². The summed E-state index contributed by atoms with van der Waals surface area (Å²) in [6.07, 6.45) is 0. The summed E-state index contributed by atoms with van der Waals surface area (Å²) in [5, 5.41) is 11.0. The lowest BCUT2D eigenvalue weighted by Crippen LogP contribution is -2.44. The minimum atomic E-state index is -1.22. The first-order valence-corrected chi connectivity index (χ1v) is 9.68. The molecule has 1 atom stereocenters. The number of rotatable bonds is 1. The Morgan fingerprint density at radius 2 is 1.38 bits per heavy atom. The van der Waals surface area contributed by atoms with E-state index in [9.17, 15) is 24.3 Å². The fraction of sp³-hybridized carbons (Fsp3) is 0.263. The van der Waals surface area contributed by atoms with Crippen molar-refractivity contribution in [1.29, 1.82) is 0 Å². The second kappa shape index (κ2) is 7.69. The lowest BCUT2D eigenvalue weighted by molar-refractivity contribution is 0.381. The van der Waals surface area contributed by atoms with Crippen LogP contribution >= 0.6 is 23.2 Å². The molecule has 1 unspecified atom stereocenters. The number of benzene rings is 1. The number of nitrogens with zero attached hydrogens (tertiary/aromatic N) is 4. The Bertz CT molecular complexity index is 1500. The third-order valence-corrected chi connectivity index (χ3v) is 5.93. The van der Waals surface area contributed by atoms with Gasteiger partial charge < -0.3 is 16.0 Å². The molecule has 1 aliphatic rings. The molecule has 2 aromatic heterocycles. The molecule has 0 spiro atoms. The van der Waals surface area contributed by atoms with Crippen molar-refractivity contribution in [3.8, 4) is 17.5 Å².